The van der Waals surface area contributed by atoms with E-state index in [9.17, 15) is 13.2 Å². The predicted molar refractivity (Wildman–Crippen MR) is 101 cm³/mol. The molecule has 1 N–H and O–H groups in total. The number of sulfonamides is 1. The van der Waals surface area contributed by atoms with Gasteiger partial charge in [-0.25, -0.2) is 8.42 Å². The third-order valence-electron chi connectivity index (χ3n) is 4.27. The van der Waals surface area contributed by atoms with E-state index in [1.165, 1.54) is 4.31 Å². The highest BCUT2D eigenvalue weighted by Gasteiger charge is 2.28. The van der Waals surface area contributed by atoms with Gasteiger partial charge in [-0.1, -0.05) is 24.3 Å². The first-order valence-electron chi connectivity index (χ1n) is 8.45. The van der Waals surface area contributed by atoms with Gasteiger partial charge >= 0.3 is 0 Å². The van der Waals surface area contributed by atoms with Gasteiger partial charge in [0.1, 0.15) is 0 Å². The first-order chi connectivity index (χ1) is 12.5. The Labute approximate surface area is 153 Å². The molecule has 0 radical (unpaired) electrons. The summed E-state index contributed by atoms with van der Waals surface area (Å²) in [4.78, 5) is 12.3. The van der Waals surface area contributed by atoms with Gasteiger partial charge in [0.2, 0.25) is 10.0 Å². The molecule has 3 rings (SSSR count). The van der Waals surface area contributed by atoms with Crippen LogP contribution < -0.4 is 9.62 Å². The van der Waals surface area contributed by atoms with Gasteiger partial charge in [-0.3, -0.25) is 9.10 Å². The lowest BCUT2D eigenvalue weighted by Crippen LogP contribution is -2.25. The van der Waals surface area contributed by atoms with Crippen molar-refractivity contribution in [2.75, 3.05) is 23.7 Å². The molecule has 0 unspecified atom stereocenters. The number of benzene rings is 2. The van der Waals surface area contributed by atoms with Crippen molar-refractivity contribution < 1.29 is 17.9 Å². The van der Waals surface area contributed by atoms with Crippen LogP contribution in [0.3, 0.4) is 0 Å². The molecule has 6 nitrogen and oxygen atoms in total. The summed E-state index contributed by atoms with van der Waals surface area (Å²) in [6.07, 6.45) is 0.632. The predicted octanol–water partition coefficient (Wildman–Crippen LogP) is 2.30. The smallest absolute Gasteiger partial charge is 0.251 e. The van der Waals surface area contributed by atoms with E-state index in [0.717, 1.165) is 11.1 Å². The third-order valence-corrected chi connectivity index (χ3v) is 6.14. The van der Waals surface area contributed by atoms with Crippen LogP contribution in [-0.4, -0.2) is 33.7 Å². The van der Waals surface area contributed by atoms with Crippen molar-refractivity contribution in [2.24, 2.45) is 0 Å². The highest BCUT2D eigenvalue weighted by Crippen LogP contribution is 2.24. The molecule has 0 aliphatic carbocycles. The van der Waals surface area contributed by atoms with Crippen molar-refractivity contribution in [3.8, 4) is 0 Å². The number of ether oxygens (including phenoxy) is 1. The minimum atomic E-state index is -3.21. The van der Waals surface area contributed by atoms with Gasteiger partial charge in [-0.15, -0.1) is 0 Å². The van der Waals surface area contributed by atoms with Crippen molar-refractivity contribution in [3.63, 3.8) is 0 Å². The Kier molecular flexibility index (Phi) is 5.58. The topological polar surface area (TPSA) is 75.7 Å². The molecule has 2 aromatic rings. The van der Waals surface area contributed by atoms with E-state index in [1.807, 2.05) is 24.3 Å². The Morgan fingerprint density at radius 3 is 2.54 bits per heavy atom. The average Bonchev–Trinajstić information content (AvgIpc) is 2.99. The molecular weight excluding hydrogens is 352 g/mol. The van der Waals surface area contributed by atoms with Gasteiger partial charge in [-0.05, 0) is 41.8 Å². The van der Waals surface area contributed by atoms with E-state index in [0.29, 0.717) is 37.4 Å². The van der Waals surface area contributed by atoms with E-state index >= 15 is 0 Å². The molecule has 0 saturated carbocycles. The van der Waals surface area contributed by atoms with Crippen molar-refractivity contribution >= 4 is 21.6 Å². The zero-order valence-electron chi connectivity index (χ0n) is 14.6. The Hall–Kier alpha value is -2.38. The molecule has 1 saturated heterocycles. The standard InChI is InChI=1S/C19H22N2O4S/c1-25-14-16-5-2-4-15(12-16)13-20-19(22)17-6-8-18(9-7-17)21-10-3-11-26(21,23)24/h2,4-9,12H,3,10-11,13-14H2,1H3,(H,20,22). The van der Waals surface area contributed by atoms with Crippen LogP contribution in [0, 0.1) is 0 Å². The number of anilines is 1. The third kappa shape index (κ3) is 4.23. The second-order valence-electron chi connectivity index (χ2n) is 6.22. The summed E-state index contributed by atoms with van der Waals surface area (Å²) < 4.78 is 30.4. The molecule has 1 heterocycles. The molecular formula is C19H22N2O4S. The number of hydrogen-bond acceptors (Lipinski definition) is 4. The molecule has 1 fully saturated rings. The summed E-state index contributed by atoms with van der Waals surface area (Å²) in [6, 6.07) is 14.5. The second-order valence-corrected chi connectivity index (χ2v) is 8.24. The Morgan fingerprint density at radius 2 is 1.88 bits per heavy atom. The SMILES string of the molecule is COCc1cccc(CNC(=O)c2ccc(N3CCCS3(=O)=O)cc2)c1. The monoisotopic (exact) mass is 374 g/mol. The zero-order valence-corrected chi connectivity index (χ0v) is 15.5. The largest absolute Gasteiger partial charge is 0.380 e. The van der Waals surface area contributed by atoms with Crippen LogP contribution in [0.5, 0.6) is 0 Å². The van der Waals surface area contributed by atoms with Gasteiger partial charge in [0.25, 0.3) is 5.91 Å². The molecule has 2 aromatic carbocycles. The van der Waals surface area contributed by atoms with E-state index in [1.54, 1.807) is 31.4 Å². The Morgan fingerprint density at radius 1 is 1.15 bits per heavy atom. The maximum absolute atomic E-state index is 12.3. The lowest BCUT2D eigenvalue weighted by Gasteiger charge is -2.17. The number of carbonyl (C=O) groups is 1. The second kappa shape index (κ2) is 7.88. The fourth-order valence-corrected chi connectivity index (χ4v) is 4.55. The van der Waals surface area contributed by atoms with Gasteiger partial charge in [0.05, 0.1) is 18.0 Å². The van der Waals surface area contributed by atoms with Crippen molar-refractivity contribution in [1.29, 1.82) is 0 Å². The zero-order chi connectivity index (χ0) is 18.6. The van der Waals surface area contributed by atoms with Crippen LogP contribution in [0.15, 0.2) is 48.5 Å². The fraction of sp³-hybridized carbons (Fsp3) is 0.316. The summed E-state index contributed by atoms with van der Waals surface area (Å²) in [5, 5.41) is 2.88. The van der Waals surface area contributed by atoms with Crippen LogP contribution in [-0.2, 0) is 27.9 Å². The quantitative estimate of drug-likeness (QED) is 0.842. The lowest BCUT2D eigenvalue weighted by molar-refractivity contribution is 0.0951. The lowest BCUT2D eigenvalue weighted by atomic mass is 10.1. The maximum Gasteiger partial charge on any atom is 0.251 e. The summed E-state index contributed by atoms with van der Waals surface area (Å²) in [5.74, 6) is -0.0184. The number of nitrogens with one attached hydrogen (secondary N) is 1. The van der Waals surface area contributed by atoms with E-state index < -0.39 is 10.0 Å². The molecule has 0 atom stereocenters. The number of amides is 1. The van der Waals surface area contributed by atoms with Crippen molar-refractivity contribution in [3.05, 3.63) is 65.2 Å². The minimum absolute atomic E-state index is 0.178. The van der Waals surface area contributed by atoms with Crippen molar-refractivity contribution in [1.82, 2.24) is 5.32 Å². The highest BCUT2D eigenvalue weighted by molar-refractivity contribution is 7.93. The summed E-state index contributed by atoms with van der Waals surface area (Å²) >= 11 is 0. The Bertz CT molecular complexity index is 879. The van der Waals surface area contributed by atoms with Gasteiger partial charge < -0.3 is 10.1 Å². The average molecular weight is 374 g/mol. The number of carbonyl (C=O) groups excluding carboxylic acids is 1. The number of rotatable bonds is 6. The van der Waals surface area contributed by atoms with Gasteiger partial charge in [-0.2, -0.15) is 0 Å². The highest BCUT2D eigenvalue weighted by atomic mass is 32.2. The Balaban J connectivity index is 1.62. The first kappa shape index (κ1) is 18.4. The van der Waals surface area contributed by atoms with E-state index in [4.69, 9.17) is 4.74 Å². The molecule has 26 heavy (non-hydrogen) atoms. The molecule has 1 amide bonds. The summed E-state index contributed by atoms with van der Waals surface area (Å²) in [7, 11) is -1.56. The fourth-order valence-electron chi connectivity index (χ4n) is 2.99. The minimum Gasteiger partial charge on any atom is -0.380 e. The normalized spacial score (nSPS) is 15.8. The number of methoxy groups -OCH3 is 1. The van der Waals surface area contributed by atoms with Crippen LogP contribution >= 0.6 is 0 Å². The van der Waals surface area contributed by atoms with Crippen LogP contribution in [0.25, 0.3) is 0 Å². The van der Waals surface area contributed by atoms with Gasteiger partial charge in [0, 0.05) is 25.8 Å². The summed E-state index contributed by atoms with van der Waals surface area (Å²) in [6.45, 7) is 1.44. The van der Waals surface area contributed by atoms with E-state index in [2.05, 4.69) is 5.32 Å². The molecule has 1 aliphatic rings. The number of hydrogen-bond donors (Lipinski definition) is 1. The molecule has 0 spiro atoms. The molecule has 0 bridgehead atoms. The van der Waals surface area contributed by atoms with Crippen LogP contribution in [0.1, 0.15) is 27.9 Å². The molecule has 7 heteroatoms. The van der Waals surface area contributed by atoms with Crippen LogP contribution in [0.2, 0.25) is 0 Å². The molecule has 138 valence electrons. The maximum atomic E-state index is 12.3. The molecule has 0 aromatic heterocycles. The van der Waals surface area contributed by atoms with Crippen LogP contribution in [0.4, 0.5) is 5.69 Å². The molecule has 1 aliphatic heterocycles. The first-order valence-corrected chi connectivity index (χ1v) is 10.1. The number of nitrogens with zero attached hydrogens (tertiary/aromatic N) is 1. The van der Waals surface area contributed by atoms with E-state index in [-0.39, 0.29) is 11.7 Å². The van der Waals surface area contributed by atoms with Crippen molar-refractivity contribution in [2.45, 2.75) is 19.6 Å². The van der Waals surface area contributed by atoms with Gasteiger partial charge in [0.15, 0.2) is 0 Å². The summed E-state index contributed by atoms with van der Waals surface area (Å²) in [5.41, 5.74) is 3.15.